The van der Waals surface area contributed by atoms with E-state index in [1.165, 1.54) is 5.56 Å². The molecule has 0 N–H and O–H groups in total. The Morgan fingerprint density at radius 3 is 2.80 bits per heavy atom. The smallest absolute Gasteiger partial charge is 0.218 e. The van der Waals surface area contributed by atoms with E-state index in [1.807, 2.05) is 26.0 Å². The van der Waals surface area contributed by atoms with E-state index in [0.717, 1.165) is 16.6 Å². The van der Waals surface area contributed by atoms with Gasteiger partial charge in [0.25, 0.3) is 0 Å². The molecule has 76 valence electrons. The van der Waals surface area contributed by atoms with Crippen molar-refractivity contribution in [2.24, 2.45) is 5.10 Å². The summed E-state index contributed by atoms with van der Waals surface area (Å²) in [5, 5.41) is 4.92. The minimum Gasteiger partial charge on any atom is -0.218 e. The minimum atomic E-state index is 0.443. The van der Waals surface area contributed by atoms with Gasteiger partial charge in [-0.2, -0.15) is 5.10 Å². The fourth-order valence-corrected chi connectivity index (χ4v) is 1.90. The molecular weight excluding hydrogens is 206 g/mol. The standard InChI is InChI=1S/C11H11N3S/c1-7-4-5-10-9(6-7)8(2)14(12-3)11(15)13-10/h4-6H,3H2,1-2H3. The molecule has 0 aliphatic carbocycles. The van der Waals surface area contributed by atoms with Gasteiger partial charge in [0, 0.05) is 12.1 Å². The van der Waals surface area contributed by atoms with Crippen LogP contribution < -0.4 is 0 Å². The van der Waals surface area contributed by atoms with Crippen molar-refractivity contribution in [3.05, 3.63) is 34.2 Å². The van der Waals surface area contributed by atoms with Crippen molar-refractivity contribution in [2.75, 3.05) is 0 Å². The van der Waals surface area contributed by atoms with Crippen molar-refractivity contribution in [3.8, 4) is 0 Å². The summed E-state index contributed by atoms with van der Waals surface area (Å²) in [6.07, 6.45) is 0. The Bertz CT molecular complexity index is 599. The van der Waals surface area contributed by atoms with Crippen molar-refractivity contribution in [2.45, 2.75) is 13.8 Å². The molecule has 0 aliphatic rings. The van der Waals surface area contributed by atoms with E-state index in [9.17, 15) is 0 Å². The van der Waals surface area contributed by atoms with Gasteiger partial charge in [-0.05, 0) is 38.2 Å². The van der Waals surface area contributed by atoms with Crippen LogP contribution in [0.15, 0.2) is 23.3 Å². The predicted molar refractivity (Wildman–Crippen MR) is 65.0 cm³/mol. The molecule has 2 aromatic rings. The van der Waals surface area contributed by atoms with Crippen molar-refractivity contribution in [1.29, 1.82) is 0 Å². The van der Waals surface area contributed by atoms with Gasteiger partial charge < -0.3 is 0 Å². The molecule has 0 amide bonds. The SMILES string of the molecule is C=Nn1c(C)c2cc(C)ccc2nc1=S. The lowest BCUT2D eigenvalue weighted by molar-refractivity contribution is 0.801. The monoisotopic (exact) mass is 217 g/mol. The molecule has 1 aromatic carbocycles. The first kappa shape index (κ1) is 9.98. The van der Waals surface area contributed by atoms with E-state index in [1.54, 1.807) is 4.68 Å². The van der Waals surface area contributed by atoms with Gasteiger partial charge in [0.2, 0.25) is 4.77 Å². The molecule has 0 spiro atoms. The summed E-state index contributed by atoms with van der Waals surface area (Å²) >= 11 is 5.12. The highest BCUT2D eigenvalue weighted by molar-refractivity contribution is 7.71. The van der Waals surface area contributed by atoms with E-state index >= 15 is 0 Å². The molecule has 0 aliphatic heterocycles. The molecule has 0 saturated heterocycles. The first-order chi connectivity index (χ1) is 7.13. The largest absolute Gasteiger partial charge is 0.221 e. The van der Waals surface area contributed by atoms with Crippen molar-refractivity contribution < 1.29 is 0 Å². The Labute approximate surface area is 93.1 Å². The zero-order valence-corrected chi connectivity index (χ0v) is 9.51. The number of rotatable bonds is 1. The van der Waals surface area contributed by atoms with E-state index in [0.29, 0.717) is 4.77 Å². The molecule has 4 heteroatoms. The van der Waals surface area contributed by atoms with Crippen LogP contribution in [0.25, 0.3) is 10.9 Å². The van der Waals surface area contributed by atoms with Crippen LogP contribution in [-0.2, 0) is 0 Å². The lowest BCUT2D eigenvalue weighted by Gasteiger charge is -2.07. The summed E-state index contributed by atoms with van der Waals surface area (Å²) in [5.41, 5.74) is 3.08. The summed E-state index contributed by atoms with van der Waals surface area (Å²) in [6, 6.07) is 6.07. The predicted octanol–water partition coefficient (Wildman–Crippen LogP) is 2.85. The lowest BCUT2D eigenvalue weighted by Crippen LogP contribution is -2.01. The molecule has 15 heavy (non-hydrogen) atoms. The van der Waals surface area contributed by atoms with Crippen LogP contribution in [0.5, 0.6) is 0 Å². The molecule has 0 atom stereocenters. The van der Waals surface area contributed by atoms with Gasteiger partial charge in [-0.15, -0.1) is 0 Å². The fourth-order valence-electron chi connectivity index (χ4n) is 1.61. The summed E-state index contributed by atoms with van der Waals surface area (Å²) in [5.74, 6) is 0. The Kier molecular flexibility index (Phi) is 2.36. The summed E-state index contributed by atoms with van der Waals surface area (Å²) < 4.78 is 2.02. The fraction of sp³-hybridized carbons (Fsp3) is 0.182. The van der Waals surface area contributed by atoms with Gasteiger partial charge in [0.15, 0.2) is 0 Å². The third-order valence-electron chi connectivity index (χ3n) is 2.40. The van der Waals surface area contributed by atoms with Gasteiger partial charge in [0.05, 0.1) is 11.2 Å². The van der Waals surface area contributed by atoms with Crippen LogP contribution in [0.3, 0.4) is 0 Å². The second-order valence-corrected chi connectivity index (χ2v) is 3.82. The highest BCUT2D eigenvalue weighted by atomic mass is 32.1. The number of fused-ring (bicyclic) bond motifs is 1. The molecule has 1 aromatic heterocycles. The Balaban J connectivity index is 2.98. The summed E-state index contributed by atoms with van der Waals surface area (Å²) in [7, 11) is 0. The molecule has 3 nitrogen and oxygen atoms in total. The number of aromatic nitrogens is 2. The number of aryl methyl sites for hydroxylation is 2. The summed E-state index contributed by atoms with van der Waals surface area (Å²) in [6.45, 7) is 7.50. The Morgan fingerprint density at radius 1 is 1.40 bits per heavy atom. The molecule has 0 unspecified atom stereocenters. The topological polar surface area (TPSA) is 30.2 Å². The second-order valence-electron chi connectivity index (χ2n) is 3.45. The van der Waals surface area contributed by atoms with Gasteiger partial charge in [-0.3, -0.25) is 0 Å². The van der Waals surface area contributed by atoms with Crippen LogP contribution in [0, 0.1) is 18.6 Å². The summed E-state index contributed by atoms with van der Waals surface area (Å²) in [4.78, 5) is 4.29. The van der Waals surface area contributed by atoms with Crippen LogP contribution in [0.2, 0.25) is 0 Å². The minimum absolute atomic E-state index is 0.443. The molecule has 0 fully saturated rings. The van der Waals surface area contributed by atoms with Crippen LogP contribution in [-0.4, -0.2) is 16.4 Å². The lowest BCUT2D eigenvalue weighted by atomic mass is 10.1. The Hall–Kier alpha value is -1.55. The van der Waals surface area contributed by atoms with Gasteiger partial charge in [-0.1, -0.05) is 11.6 Å². The number of hydrogen-bond donors (Lipinski definition) is 0. The maximum absolute atomic E-state index is 5.12. The van der Waals surface area contributed by atoms with Crippen LogP contribution >= 0.6 is 12.2 Å². The second kappa shape index (κ2) is 3.55. The van der Waals surface area contributed by atoms with Crippen LogP contribution in [0.4, 0.5) is 0 Å². The molecule has 1 heterocycles. The zero-order valence-electron chi connectivity index (χ0n) is 8.69. The molecule has 0 radical (unpaired) electrons. The van der Waals surface area contributed by atoms with Gasteiger partial charge >= 0.3 is 0 Å². The van der Waals surface area contributed by atoms with Crippen molar-refractivity contribution in [1.82, 2.24) is 9.66 Å². The maximum atomic E-state index is 5.12. The highest BCUT2D eigenvalue weighted by Gasteiger charge is 2.04. The van der Waals surface area contributed by atoms with Gasteiger partial charge in [-0.25, -0.2) is 9.66 Å². The average Bonchev–Trinajstić information content (AvgIpc) is 2.20. The van der Waals surface area contributed by atoms with Crippen LogP contribution in [0.1, 0.15) is 11.3 Å². The quantitative estimate of drug-likeness (QED) is 0.543. The molecular formula is C11H11N3S. The van der Waals surface area contributed by atoms with E-state index in [4.69, 9.17) is 12.2 Å². The zero-order chi connectivity index (χ0) is 11.0. The molecule has 0 saturated carbocycles. The van der Waals surface area contributed by atoms with E-state index < -0.39 is 0 Å². The third-order valence-corrected chi connectivity index (χ3v) is 2.66. The Morgan fingerprint density at radius 2 is 2.13 bits per heavy atom. The molecule has 2 rings (SSSR count). The van der Waals surface area contributed by atoms with E-state index in [-0.39, 0.29) is 0 Å². The normalized spacial score (nSPS) is 10.5. The van der Waals surface area contributed by atoms with E-state index in [2.05, 4.69) is 22.9 Å². The number of hydrogen-bond acceptors (Lipinski definition) is 3. The van der Waals surface area contributed by atoms with Crippen molar-refractivity contribution >= 4 is 29.8 Å². The number of benzene rings is 1. The average molecular weight is 217 g/mol. The van der Waals surface area contributed by atoms with Crippen molar-refractivity contribution in [3.63, 3.8) is 0 Å². The number of nitrogens with zero attached hydrogens (tertiary/aromatic N) is 3. The maximum Gasteiger partial charge on any atom is 0.221 e. The first-order valence-corrected chi connectivity index (χ1v) is 5.01. The third kappa shape index (κ3) is 1.57. The molecule has 0 bridgehead atoms. The van der Waals surface area contributed by atoms with Gasteiger partial charge in [0.1, 0.15) is 0 Å². The first-order valence-electron chi connectivity index (χ1n) is 4.60. The highest BCUT2D eigenvalue weighted by Crippen LogP contribution is 2.18.